The first kappa shape index (κ1) is 23.7. The van der Waals surface area contributed by atoms with Gasteiger partial charge < -0.3 is 15.0 Å². The molecule has 35 heavy (non-hydrogen) atoms. The number of fused-ring (bicyclic) bond motifs is 2. The summed E-state index contributed by atoms with van der Waals surface area (Å²) in [6.07, 6.45) is 3.97. The normalized spacial score (nSPS) is 13.9. The molecule has 2 N–H and O–H groups in total. The smallest absolute Gasteiger partial charge is 0.341 e. The van der Waals surface area contributed by atoms with E-state index in [2.05, 4.69) is 34.6 Å². The number of aromatic amines is 1. The quantitative estimate of drug-likeness (QED) is 0.209. The molecule has 5 rings (SSSR count). The van der Waals surface area contributed by atoms with E-state index in [9.17, 15) is 9.59 Å². The highest BCUT2D eigenvalue weighted by Crippen LogP contribution is 2.41. The van der Waals surface area contributed by atoms with Crippen molar-refractivity contribution in [2.24, 2.45) is 0 Å². The highest BCUT2D eigenvalue weighted by molar-refractivity contribution is 8.01. The third-order valence-electron chi connectivity index (χ3n) is 6.27. The molecular weight excluding hydrogens is 476 g/mol. The van der Waals surface area contributed by atoms with Crippen molar-refractivity contribution >= 4 is 50.9 Å². The molecule has 7 heteroatoms. The minimum atomic E-state index is -0.370. The molecule has 1 amide bonds. The number of nitrogens with one attached hydrogen (secondary N) is 2. The van der Waals surface area contributed by atoms with E-state index in [-0.39, 0.29) is 17.1 Å². The zero-order valence-corrected chi connectivity index (χ0v) is 21.5. The van der Waals surface area contributed by atoms with Gasteiger partial charge in [-0.3, -0.25) is 4.79 Å². The lowest BCUT2D eigenvalue weighted by atomic mass is 9.95. The first-order valence-corrected chi connectivity index (χ1v) is 13.7. The van der Waals surface area contributed by atoms with Gasteiger partial charge in [0.25, 0.3) is 0 Å². The predicted molar refractivity (Wildman–Crippen MR) is 145 cm³/mol. The number of ether oxygens (including phenoxy) is 1. The molecule has 2 heterocycles. The molecule has 1 aliphatic rings. The van der Waals surface area contributed by atoms with Gasteiger partial charge in [0, 0.05) is 20.7 Å². The van der Waals surface area contributed by atoms with Crippen LogP contribution < -0.4 is 5.32 Å². The number of thioether (sulfide) groups is 1. The van der Waals surface area contributed by atoms with Gasteiger partial charge in [0.2, 0.25) is 5.91 Å². The Balaban J connectivity index is 1.43. The van der Waals surface area contributed by atoms with Crippen molar-refractivity contribution in [2.75, 3.05) is 11.9 Å². The van der Waals surface area contributed by atoms with Crippen LogP contribution in [0.2, 0.25) is 0 Å². The Bertz CT molecular complexity index is 1370. The van der Waals surface area contributed by atoms with Crippen molar-refractivity contribution in [1.29, 1.82) is 0 Å². The maximum Gasteiger partial charge on any atom is 0.341 e. The van der Waals surface area contributed by atoms with E-state index < -0.39 is 0 Å². The first-order valence-electron chi connectivity index (χ1n) is 12.0. The Morgan fingerprint density at radius 1 is 1.09 bits per heavy atom. The number of hydrogen-bond donors (Lipinski definition) is 2. The topological polar surface area (TPSA) is 71.2 Å². The molecule has 0 radical (unpaired) electrons. The Kier molecular flexibility index (Phi) is 6.97. The number of carbonyl (C=O) groups excluding carboxylic acids is 2. The fourth-order valence-corrected chi connectivity index (χ4v) is 6.96. The Morgan fingerprint density at radius 2 is 1.83 bits per heavy atom. The lowest BCUT2D eigenvalue weighted by molar-refractivity contribution is -0.115. The number of aromatic nitrogens is 1. The van der Waals surface area contributed by atoms with Gasteiger partial charge in [-0.15, -0.1) is 23.1 Å². The van der Waals surface area contributed by atoms with Crippen LogP contribution >= 0.6 is 23.1 Å². The van der Waals surface area contributed by atoms with Crippen LogP contribution in [0.3, 0.4) is 0 Å². The molecule has 1 unspecified atom stereocenters. The van der Waals surface area contributed by atoms with Crippen molar-refractivity contribution < 1.29 is 14.3 Å². The fourth-order valence-electron chi connectivity index (χ4n) is 4.56. The van der Waals surface area contributed by atoms with Crippen molar-refractivity contribution in [3.8, 4) is 11.3 Å². The van der Waals surface area contributed by atoms with Crippen molar-refractivity contribution in [3.05, 3.63) is 70.6 Å². The Labute approximate surface area is 213 Å². The SMILES string of the molecule is CCOC(=O)c1c(NC(=O)C(C)Sc2c(-c3ccccc3)[nH]c3ccccc23)sc2c1CCCC2. The Morgan fingerprint density at radius 3 is 2.63 bits per heavy atom. The molecule has 0 aliphatic heterocycles. The van der Waals surface area contributed by atoms with Crippen molar-refractivity contribution in [3.63, 3.8) is 0 Å². The number of esters is 1. The van der Waals surface area contributed by atoms with Crippen LogP contribution in [-0.2, 0) is 22.4 Å². The summed E-state index contributed by atoms with van der Waals surface area (Å²) in [5.74, 6) is -0.464. The van der Waals surface area contributed by atoms with Crippen LogP contribution in [0, 0.1) is 0 Å². The van der Waals surface area contributed by atoms with E-state index in [0.717, 1.165) is 58.3 Å². The number of amides is 1. The summed E-state index contributed by atoms with van der Waals surface area (Å²) in [5.41, 5.74) is 4.73. The van der Waals surface area contributed by atoms with Crippen LogP contribution in [0.1, 0.15) is 47.5 Å². The second kappa shape index (κ2) is 10.3. The van der Waals surface area contributed by atoms with Crippen LogP contribution in [0.4, 0.5) is 5.00 Å². The van der Waals surface area contributed by atoms with Gasteiger partial charge >= 0.3 is 5.97 Å². The summed E-state index contributed by atoms with van der Waals surface area (Å²) >= 11 is 3.06. The maximum absolute atomic E-state index is 13.4. The third-order valence-corrected chi connectivity index (χ3v) is 8.71. The summed E-state index contributed by atoms with van der Waals surface area (Å²) in [5, 5.41) is 4.42. The average Bonchev–Trinajstić information content (AvgIpc) is 3.43. The zero-order valence-electron chi connectivity index (χ0n) is 19.9. The number of para-hydroxylation sites is 1. The van der Waals surface area contributed by atoms with Crippen molar-refractivity contribution in [1.82, 2.24) is 4.98 Å². The average molecular weight is 505 g/mol. The molecule has 0 saturated carbocycles. The van der Waals surface area contributed by atoms with Crippen LogP contribution in [0.5, 0.6) is 0 Å². The molecular formula is C28H28N2O3S2. The molecule has 1 atom stereocenters. The molecule has 5 nitrogen and oxygen atoms in total. The number of rotatable bonds is 7. The standard InChI is InChI=1S/C28H28N2O3S2/c1-3-33-28(32)23-20-14-8-10-16-22(20)35-27(23)30-26(31)17(2)34-25-19-13-7-9-15-21(19)29-24(25)18-11-5-4-6-12-18/h4-7,9,11-13,15,17,29H,3,8,10,14,16H2,1-2H3,(H,30,31). The number of benzene rings is 2. The molecule has 1 aliphatic carbocycles. The molecule has 0 saturated heterocycles. The number of aryl methyl sites for hydroxylation is 1. The summed E-state index contributed by atoms with van der Waals surface area (Å²) in [6, 6.07) is 18.3. The van der Waals surface area contributed by atoms with Crippen molar-refractivity contribution in [2.45, 2.75) is 49.7 Å². The van der Waals surface area contributed by atoms with Crippen LogP contribution in [0.25, 0.3) is 22.2 Å². The summed E-state index contributed by atoms with van der Waals surface area (Å²) < 4.78 is 5.34. The van der Waals surface area contributed by atoms with Gasteiger partial charge in [0.15, 0.2) is 0 Å². The number of thiophene rings is 1. The Hall–Kier alpha value is -3.03. The van der Waals surface area contributed by atoms with Crippen LogP contribution in [-0.4, -0.2) is 28.7 Å². The van der Waals surface area contributed by atoms with Gasteiger partial charge in [-0.1, -0.05) is 48.5 Å². The summed E-state index contributed by atoms with van der Waals surface area (Å²) in [6.45, 7) is 4.03. The van der Waals surface area contributed by atoms with E-state index in [1.807, 2.05) is 37.3 Å². The summed E-state index contributed by atoms with van der Waals surface area (Å²) in [7, 11) is 0. The summed E-state index contributed by atoms with van der Waals surface area (Å²) in [4.78, 5) is 31.9. The van der Waals surface area contributed by atoms with Gasteiger partial charge in [-0.05, 0) is 56.7 Å². The molecule has 0 fully saturated rings. The highest BCUT2D eigenvalue weighted by Gasteiger charge is 2.29. The second-order valence-electron chi connectivity index (χ2n) is 8.63. The molecule has 2 aromatic carbocycles. The monoisotopic (exact) mass is 504 g/mol. The molecule has 2 aromatic heterocycles. The molecule has 4 aromatic rings. The maximum atomic E-state index is 13.4. The van der Waals surface area contributed by atoms with Gasteiger partial charge in [0.1, 0.15) is 5.00 Å². The molecule has 0 bridgehead atoms. The van der Waals surface area contributed by atoms with Gasteiger partial charge in [0.05, 0.1) is 23.1 Å². The lowest BCUT2D eigenvalue weighted by Crippen LogP contribution is -2.23. The number of H-pyrrole nitrogens is 1. The fraction of sp³-hybridized carbons (Fsp3) is 0.286. The third kappa shape index (κ3) is 4.75. The van der Waals surface area contributed by atoms with Crippen LogP contribution in [0.15, 0.2) is 59.5 Å². The minimum Gasteiger partial charge on any atom is -0.462 e. The predicted octanol–water partition coefficient (Wildman–Crippen LogP) is 7.07. The van der Waals surface area contributed by atoms with E-state index >= 15 is 0 Å². The largest absolute Gasteiger partial charge is 0.462 e. The van der Waals surface area contributed by atoms with Gasteiger partial charge in [-0.2, -0.15) is 0 Å². The first-order chi connectivity index (χ1) is 17.1. The number of carbonyl (C=O) groups is 2. The van der Waals surface area contributed by atoms with E-state index in [1.54, 1.807) is 6.92 Å². The number of anilines is 1. The zero-order chi connectivity index (χ0) is 24.4. The second-order valence-corrected chi connectivity index (χ2v) is 11.1. The molecule has 180 valence electrons. The lowest BCUT2D eigenvalue weighted by Gasteiger charge is -2.14. The van der Waals surface area contributed by atoms with E-state index in [4.69, 9.17) is 4.74 Å². The van der Waals surface area contributed by atoms with E-state index in [0.29, 0.717) is 17.2 Å². The number of hydrogen-bond acceptors (Lipinski definition) is 5. The minimum absolute atomic E-state index is 0.122. The van der Waals surface area contributed by atoms with Gasteiger partial charge in [-0.25, -0.2) is 4.79 Å². The molecule has 0 spiro atoms. The van der Waals surface area contributed by atoms with E-state index in [1.165, 1.54) is 28.0 Å². The highest BCUT2D eigenvalue weighted by atomic mass is 32.2.